The van der Waals surface area contributed by atoms with Gasteiger partial charge in [-0.2, -0.15) is 0 Å². The van der Waals surface area contributed by atoms with Crippen LogP contribution >= 0.6 is 55.4 Å². The molecule has 0 aromatic heterocycles. The van der Waals surface area contributed by atoms with Crippen molar-refractivity contribution in [3.05, 3.63) is 19.8 Å². The van der Waals surface area contributed by atoms with Gasteiger partial charge in [-0.3, -0.25) is 0 Å². The Hall–Kier alpha value is 1.36. The number of hydrogen-bond acceptors (Lipinski definition) is 2. The largest absolute Gasteiger partial charge is 0.129 e. The molecule has 140 valence electrons. The highest BCUT2D eigenvalue weighted by molar-refractivity contribution is 9.12. The summed E-state index contributed by atoms with van der Waals surface area (Å²) in [4.78, 5) is 0. The summed E-state index contributed by atoms with van der Waals surface area (Å²) in [5.41, 5.74) is 1.87. The summed E-state index contributed by atoms with van der Waals surface area (Å²) in [6.07, 6.45) is 0. The standard InChI is InChI=1S/C20H30Br2S2Si/c1-9-11(3)19(17-15(9)13(21)7-23-17)25(5,6)20-12(4)10(2)16-14(22)8-24-18(16)20/h7-12,15-20H,1-6H3. The van der Waals surface area contributed by atoms with Crippen LogP contribution in [0.25, 0.3) is 0 Å². The topological polar surface area (TPSA) is 0 Å². The zero-order chi connectivity index (χ0) is 18.3. The molecule has 0 nitrogen and oxygen atoms in total. The summed E-state index contributed by atoms with van der Waals surface area (Å²) in [7, 11) is -1.43. The van der Waals surface area contributed by atoms with E-state index in [1.807, 2.05) is 0 Å². The molecule has 5 heteroatoms. The Morgan fingerprint density at radius 2 is 1.08 bits per heavy atom. The maximum atomic E-state index is 3.90. The zero-order valence-corrected chi connectivity index (χ0v) is 21.8. The molecule has 2 aliphatic carbocycles. The second kappa shape index (κ2) is 6.71. The number of thioether (sulfide) groups is 2. The van der Waals surface area contributed by atoms with Crippen LogP contribution in [0.3, 0.4) is 0 Å². The lowest BCUT2D eigenvalue weighted by molar-refractivity contribution is 0.392. The molecule has 4 rings (SSSR count). The van der Waals surface area contributed by atoms with E-state index in [0.29, 0.717) is 0 Å². The van der Waals surface area contributed by atoms with Gasteiger partial charge >= 0.3 is 0 Å². The van der Waals surface area contributed by atoms with Crippen LogP contribution in [-0.4, -0.2) is 18.6 Å². The molecule has 0 aromatic rings. The van der Waals surface area contributed by atoms with Crippen molar-refractivity contribution in [1.82, 2.24) is 0 Å². The number of allylic oxidation sites excluding steroid dienone is 2. The fourth-order valence-electron chi connectivity index (χ4n) is 6.97. The van der Waals surface area contributed by atoms with Crippen molar-refractivity contribution in [2.75, 3.05) is 0 Å². The molecule has 0 spiro atoms. The number of fused-ring (bicyclic) bond motifs is 2. The van der Waals surface area contributed by atoms with Gasteiger partial charge in [-0.05, 0) is 45.6 Å². The molecule has 0 radical (unpaired) electrons. The van der Waals surface area contributed by atoms with E-state index in [1.165, 1.54) is 8.96 Å². The minimum atomic E-state index is -1.43. The van der Waals surface area contributed by atoms with Gasteiger partial charge in [-0.1, -0.05) is 72.6 Å². The molecule has 2 fully saturated rings. The number of halogens is 2. The molecular formula is C20H30Br2S2Si. The first-order valence-corrected chi connectivity index (χ1v) is 16.3. The summed E-state index contributed by atoms with van der Waals surface area (Å²) in [6.45, 7) is 15.7. The number of hydrogen-bond donors (Lipinski definition) is 0. The molecule has 0 N–H and O–H groups in total. The molecule has 0 bridgehead atoms. The molecule has 10 unspecified atom stereocenters. The highest BCUT2D eigenvalue weighted by Gasteiger charge is 2.62. The van der Waals surface area contributed by atoms with Crippen molar-refractivity contribution in [3.63, 3.8) is 0 Å². The molecule has 0 saturated heterocycles. The Labute approximate surface area is 180 Å². The third-order valence-electron chi connectivity index (χ3n) is 8.37. The van der Waals surface area contributed by atoms with Gasteiger partial charge in [0.05, 0.1) is 8.07 Å². The molecular weight excluding hydrogens is 492 g/mol. The third kappa shape index (κ3) is 2.72. The average Bonchev–Trinajstić information content (AvgIpc) is 3.21. The van der Waals surface area contributed by atoms with Crippen molar-refractivity contribution >= 4 is 63.5 Å². The van der Waals surface area contributed by atoms with Crippen molar-refractivity contribution in [2.24, 2.45) is 35.5 Å². The molecule has 2 aliphatic heterocycles. The van der Waals surface area contributed by atoms with Crippen LogP contribution in [0.2, 0.25) is 24.2 Å². The minimum absolute atomic E-state index is 0.766. The van der Waals surface area contributed by atoms with Gasteiger partial charge in [0, 0.05) is 31.3 Å². The minimum Gasteiger partial charge on any atom is -0.129 e. The second-order valence-electron chi connectivity index (χ2n) is 9.57. The van der Waals surface area contributed by atoms with Crippen LogP contribution in [-0.2, 0) is 0 Å². The zero-order valence-electron chi connectivity index (χ0n) is 16.0. The lowest BCUT2D eigenvalue weighted by atomic mass is 9.92. The predicted octanol–water partition coefficient (Wildman–Crippen LogP) is 7.94. The third-order valence-corrected chi connectivity index (χ3v) is 18.8. The van der Waals surface area contributed by atoms with Gasteiger partial charge in [0.15, 0.2) is 0 Å². The van der Waals surface area contributed by atoms with Crippen molar-refractivity contribution in [3.8, 4) is 0 Å². The van der Waals surface area contributed by atoms with Gasteiger partial charge in [-0.25, -0.2) is 0 Å². The van der Waals surface area contributed by atoms with Crippen molar-refractivity contribution < 1.29 is 0 Å². The van der Waals surface area contributed by atoms with Gasteiger partial charge in [0.25, 0.3) is 0 Å². The average molecular weight is 522 g/mol. The SMILES string of the molecule is CC1C(C)C([Si](C)(C)C2C(C)C(C)C3C(Br)=CSC32)C2SC=C(Br)C12. The maximum absolute atomic E-state index is 3.90. The molecule has 25 heavy (non-hydrogen) atoms. The molecule has 2 saturated carbocycles. The van der Waals surface area contributed by atoms with Gasteiger partial charge in [0.2, 0.25) is 0 Å². The molecule has 0 aromatic carbocycles. The Kier molecular flexibility index (Phi) is 5.28. The lowest BCUT2D eigenvalue weighted by Crippen LogP contribution is -2.47. The van der Waals surface area contributed by atoms with Gasteiger partial charge in [0.1, 0.15) is 0 Å². The van der Waals surface area contributed by atoms with E-state index in [1.54, 1.807) is 0 Å². The van der Waals surface area contributed by atoms with E-state index < -0.39 is 8.07 Å². The van der Waals surface area contributed by atoms with E-state index in [4.69, 9.17) is 0 Å². The normalized spacial score (nSPS) is 52.2. The summed E-state index contributed by atoms with van der Waals surface area (Å²) in [5.74, 6) is 4.87. The summed E-state index contributed by atoms with van der Waals surface area (Å²) in [6, 6.07) is 0. The van der Waals surface area contributed by atoms with Crippen molar-refractivity contribution in [1.29, 1.82) is 0 Å². The van der Waals surface area contributed by atoms with Crippen LogP contribution in [0.15, 0.2) is 19.8 Å². The Balaban J connectivity index is 1.68. The van der Waals surface area contributed by atoms with Crippen molar-refractivity contribution in [2.45, 2.75) is 62.4 Å². The van der Waals surface area contributed by atoms with Crippen LogP contribution in [0.1, 0.15) is 27.7 Å². The summed E-state index contributed by atoms with van der Waals surface area (Å²) in [5, 5.41) is 6.48. The fraction of sp³-hybridized carbons (Fsp3) is 0.800. The predicted molar refractivity (Wildman–Crippen MR) is 125 cm³/mol. The highest BCUT2D eigenvalue weighted by atomic mass is 79.9. The van der Waals surface area contributed by atoms with Gasteiger partial charge in [-0.15, -0.1) is 23.5 Å². The Bertz CT molecular complexity index is 579. The van der Waals surface area contributed by atoms with Crippen LogP contribution in [0, 0.1) is 35.5 Å². The first-order valence-electron chi connectivity index (χ1n) is 9.70. The molecule has 10 atom stereocenters. The summed E-state index contributed by atoms with van der Waals surface area (Å²) < 4.78 is 2.97. The van der Waals surface area contributed by atoms with Crippen LogP contribution < -0.4 is 0 Å². The quantitative estimate of drug-likeness (QED) is 0.338. The lowest BCUT2D eigenvalue weighted by Gasteiger charge is -2.45. The first-order chi connectivity index (χ1) is 11.7. The molecule has 4 aliphatic rings. The summed E-state index contributed by atoms with van der Waals surface area (Å²) >= 11 is 12.1. The Morgan fingerprint density at radius 3 is 1.44 bits per heavy atom. The van der Waals surface area contributed by atoms with E-state index in [2.05, 4.69) is 107 Å². The maximum Gasteiger partial charge on any atom is 0.0564 e. The smallest absolute Gasteiger partial charge is 0.0564 e. The van der Waals surface area contributed by atoms with E-state index >= 15 is 0 Å². The van der Waals surface area contributed by atoms with Crippen LogP contribution in [0.5, 0.6) is 0 Å². The van der Waals surface area contributed by atoms with E-state index in [9.17, 15) is 0 Å². The fourth-order valence-corrected chi connectivity index (χ4v) is 20.7. The Morgan fingerprint density at radius 1 is 0.720 bits per heavy atom. The van der Waals surface area contributed by atoms with Crippen LogP contribution in [0.4, 0.5) is 0 Å². The highest BCUT2D eigenvalue weighted by Crippen LogP contribution is 2.68. The van der Waals surface area contributed by atoms with Gasteiger partial charge < -0.3 is 0 Å². The molecule has 0 amide bonds. The first kappa shape index (κ1) is 19.7. The molecule has 2 heterocycles. The van der Waals surface area contributed by atoms with E-state index in [0.717, 1.165) is 57.1 Å². The number of rotatable bonds is 2. The monoisotopic (exact) mass is 520 g/mol. The second-order valence-corrected chi connectivity index (χ2v) is 18.5. The van der Waals surface area contributed by atoms with E-state index in [-0.39, 0.29) is 0 Å².